The van der Waals surface area contributed by atoms with Crippen LogP contribution < -0.4 is 5.32 Å². The number of thiophene rings is 1. The average molecular weight is 395 g/mol. The lowest BCUT2D eigenvalue weighted by Crippen LogP contribution is -2.27. The number of rotatable bonds is 6. The van der Waals surface area contributed by atoms with Crippen LogP contribution in [0.25, 0.3) is 0 Å². The number of benzene rings is 1. The molecule has 1 aliphatic heterocycles. The summed E-state index contributed by atoms with van der Waals surface area (Å²) in [5.41, 5.74) is 0.0217. The van der Waals surface area contributed by atoms with Crippen molar-refractivity contribution in [3.8, 4) is 0 Å². The second-order valence-electron chi connectivity index (χ2n) is 5.82. The van der Waals surface area contributed by atoms with Crippen LogP contribution in [0.2, 0.25) is 0 Å². The van der Waals surface area contributed by atoms with Gasteiger partial charge in [-0.3, -0.25) is 14.9 Å². The largest absolute Gasteiger partial charge is 0.347 e. The summed E-state index contributed by atoms with van der Waals surface area (Å²) in [6.07, 6.45) is 1.74. The summed E-state index contributed by atoms with van der Waals surface area (Å²) in [5.74, 6) is -0.453. The highest BCUT2D eigenvalue weighted by Gasteiger charge is 2.28. The van der Waals surface area contributed by atoms with Gasteiger partial charge in [-0.1, -0.05) is 6.07 Å². The number of hydrogen-bond donors (Lipinski definition) is 1. The van der Waals surface area contributed by atoms with Crippen LogP contribution in [-0.4, -0.2) is 36.6 Å². The second kappa shape index (κ2) is 7.52. The molecule has 0 aliphatic carbocycles. The van der Waals surface area contributed by atoms with Crippen molar-refractivity contribution in [2.45, 2.75) is 23.6 Å². The number of nitrogens with one attached hydrogen (secondary N) is 1. The molecule has 26 heavy (non-hydrogen) atoms. The average Bonchev–Trinajstić information content (AvgIpc) is 3.32. The van der Waals surface area contributed by atoms with E-state index < -0.39 is 20.9 Å². The predicted octanol–water partition coefficient (Wildman–Crippen LogP) is 2.37. The molecule has 1 aliphatic rings. The molecule has 2 aromatic rings. The van der Waals surface area contributed by atoms with Crippen molar-refractivity contribution in [3.05, 3.63) is 57.0 Å². The van der Waals surface area contributed by atoms with Gasteiger partial charge in [-0.15, -0.1) is 11.3 Å². The van der Waals surface area contributed by atoms with Gasteiger partial charge in [0.05, 0.1) is 11.5 Å². The first-order valence-corrected chi connectivity index (χ1v) is 10.2. The predicted molar refractivity (Wildman–Crippen MR) is 96.6 cm³/mol. The lowest BCUT2D eigenvalue weighted by Gasteiger charge is -2.13. The van der Waals surface area contributed by atoms with Gasteiger partial charge in [0, 0.05) is 35.7 Å². The minimum atomic E-state index is -3.46. The van der Waals surface area contributed by atoms with Gasteiger partial charge in [0.1, 0.15) is 4.21 Å². The van der Waals surface area contributed by atoms with Gasteiger partial charge >= 0.3 is 0 Å². The molecule has 1 aromatic heterocycles. The standard InChI is InChI=1S/C16H17N3O5S2/c20-16(12-4-3-5-13(10-12)19(21)22)17-11-14-6-7-15(25-14)26(23,24)18-8-1-2-9-18/h3-7,10H,1-2,8-9,11H2,(H,17,20). The highest BCUT2D eigenvalue weighted by Crippen LogP contribution is 2.27. The van der Waals surface area contributed by atoms with Crippen molar-refractivity contribution >= 4 is 33.0 Å². The Morgan fingerprint density at radius 2 is 1.96 bits per heavy atom. The molecule has 1 saturated heterocycles. The molecule has 3 rings (SSSR count). The molecule has 1 N–H and O–H groups in total. The summed E-state index contributed by atoms with van der Waals surface area (Å²) < 4.78 is 26.7. The number of hydrogen-bond acceptors (Lipinski definition) is 6. The van der Waals surface area contributed by atoms with Crippen LogP contribution in [0.15, 0.2) is 40.6 Å². The summed E-state index contributed by atoms with van der Waals surface area (Å²) in [4.78, 5) is 23.1. The van der Waals surface area contributed by atoms with E-state index in [1.165, 1.54) is 28.6 Å². The Bertz CT molecular complexity index is 933. The third-order valence-electron chi connectivity index (χ3n) is 4.04. The smallest absolute Gasteiger partial charge is 0.270 e. The van der Waals surface area contributed by atoms with Gasteiger partial charge in [-0.05, 0) is 31.0 Å². The van der Waals surface area contributed by atoms with E-state index in [-0.39, 0.29) is 22.0 Å². The van der Waals surface area contributed by atoms with Gasteiger partial charge in [-0.2, -0.15) is 4.31 Å². The topological polar surface area (TPSA) is 110 Å². The fourth-order valence-corrected chi connectivity index (χ4v) is 5.64. The van der Waals surface area contributed by atoms with E-state index in [0.717, 1.165) is 24.2 Å². The number of amides is 1. The normalized spacial score (nSPS) is 15.1. The van der Waals surface area contributed by atoms with Crippen LogP contribution in [0.3, 0.4) is 0 Å². The Kier molecular flexibility index (Phi) is 5.35. The van der Waals surface area contributed by atoms with Gasteiger partial charge < -0.3 is 5.32 Å². The zero-order valence-corrected chi connectivity index (χ0v) is 15.4. The number of sulfonamides is 1. The molecule has 1 amide bonds. The van der Waals surface area contributed by atoms with Crippen LogP contribution in [-0.2, 0) is 16.6 Å². The van der Waals surface area contributed by atoms with Gasteiger partial charge in [-0.25, -0.2) is 8.42 Å². The first-order chi connectivity index (χ1) is 12.4. The minimum absolute atomic E-state index is 0.154. The van der Waals surface area contributed by atoms with Crippen molar-refractivity contribution in [3.63, 3.8) is 0 Å². The van der Waals surface area contributed by atoms with Gasteiger partial charge in [0.25, 0.3) is 21.6 Å². The zero-order valence-electron chi connectivity index (χ0n) is 13.8. The Morgan fingerprint density at radius 3 is 2.65 bits per heavy atom. The molecular formula is C16H17N3O5S2. The molecule has 2 heterocycles. The maximum Gasteiger partial charge on any atom is 0.270 e. The van der Waals surface area contributed by atoms with E-state index in [0.29, 0.717) is 18.0 Å². The van der Waals surface area contributed by atoms with E-state index in [9.17, 15) is 23.3 Å². The van der Waals surface area contributed by atoms with Gasteiger partial charge in [0.2, 0.25) is 0 Å². The second-order valence-corrected chi connectivity index (χ2v) is 9.16. The molecule has 0 bridgehead atoms. The minimum Gasteiger partial charge on any atom is -0.347 e. The van der Waals surface area contributed by atoms with Crippen molar-refractivity contribution in [1.29, 1.82) is 0 Å². The summed E-state index contributed by atoms with van der Waals surface area (Å²) in [6.45, 7) is 1.24. The fourth-order valence-electron chi connectivity index (χ4n) is 2.68. The molecule has 0 atom stereocenters. The Balaban J connectivity index is 1.65. The summed E-state index contributed by atoms with van der Waals surface area (Å²) in [5, 5.41) is 13.4. The lowest BCUT2D eigenvalue weighted by atomic mass is 10.2. The van der Waals surface area contributed by atoms with Crippen LogP contribution in [0.5, 0.6) is 0 Å². The molecule has 0 radical (unpaired) electrons. The lowest BCUT2D eigenvalue weighted by molar-refractivity contribution is -0.384. The van der Waals surface area contributed by atoms with Crippen molar-refractivity contribution in [2.24, 2.45) is 0 Å². The van der Waals surface area contributed by atoms with E-state index >= 15 is 0 Å². The molecule has 8 nitrogen and oxygen atoms in total. The Morgan fingerprint density at radius 1 is 1.23 bits per heavy atom. The van der Waals surface area contributed by atoms with E-state index in [4.69, 9.17) is 0 Å². The molecule has 138 valence electrons. The Hall–Kier alpha value is -2.30. The molecule has 10 heteroatoms. The van der Waals surface area contributed by atoms with Crippen LogP contribution >= 0.6 is 11.3 Å². The molecule has 1 fully saturated rings. The highest BCUT2D eigenvalue weighted by atomic mass is 32.2. The summed E-state index contributed by atoms with van der Waals surface area (Å²) in [7, 11) is -3.46. The van der Waals surface area contributed by atoms with Gasteiger partial charge in [0.15, 0.2) is 0 Å². The maximum atomic E-state index is 12.5. The third kappa shape index (κ3) is 3.92. The number of nitro groups is 1. The van der Waals surface area contributed by atoms with E-state index in [1.54, 1.807) is 12.1 Å². The van der Waals surface area contributed by atoms with E-state index in [1.807, 2.05) is 0 Å². The van der Waals surface area contributed by atoms with Crippen molar-refractivity contribution in [2.75, 3.05) is 13.1 Å². The van der Waals surface area contributed by atoms with Crippen molar-refractivity contribution < 1.29 is 18.1 Å². The third-order valence-corrected chi connectivity index (χ3v) is 7.49. The molecular weight excluding hydrogens is 378 g/mol. The highest BCUT2D eigenvalue weighted by molar-refractivity contribution is 7.91. The summed E-state index contributed by atoms with van der Waals surface area (Å²) in [6, 6.07) is 8.66. The number of nitrogens with zero attached hydrogens (tertiary/aromatic N) is 2. The first-order valence-electron chi connectivity index (χ1n) is 7.99. The van der Waals surface area contributed by atoms with Crippen LogP contribution in [0.4, 0.5) is 5.69 Å². The first kappa shape index (κ1) is 18.5. The zero-order chi connectivity index (χ0) is 18.7. The number of non-ortho nitro benzene ring substituents is 1. The number of carbonyl (C=O) groups is 1. The maximum absolute atomic E-state index is 12.5. The molecule has 0 unspecified atom stereocenters. The monoisotopic (exact) mass is 395 g/mol. The fraction of sp³-hybridized carbons (Fsp3) is 0.312. The van der Waals surface area contributed by atoms with Crippen LogP contribution in [0.1, 0.15) is 28.1 Å². The SMILES string of the molecule is O=C(NCc1ccc(S(=O)(=O)N2CCCC2)s1)c1cccc([N+](=O)[O-])c1. The van der Waals surface area contributed by atoms with Crippen molar-refractivity contribution in [1.82, 2.24) is 9.62 Å². The number of carbonyl (C=O) groups excluding carboxylic acids is 1. The number of nitro benzene ring substituents is 1. The molecule has 0 saturated carbocycles. The quantitative estimate of drug-likeness (QED) is 0.596. The van der Waals surface area contributed by atoms with E-state index in [2.05, 4.69) is 5.32 Å². The summed E-state index contributed by atoms with van der Waals surface area (Å²) >= 11 is 1.12. The molecule has 0 spiro atoms. The molecule has 1 aromatic carbocycles. The Labute approximate surface area is 154 Å². The van der Waals surface area contributed by atoms with Crippen LogP contribution in [0, 0.1) is 10.1 Å².